The monoisotopic (exact) mass is 498 g/mol. The minimum atomic E-state index is -3.55. The Kier molecular flexibility index (Phi) is 7.54. The number of nitrogens with one attached hydrogen (secondary N) is 1. The van der Waals surface area contributed by atoms with Crippen LogP contribution in [0.15, 0.2) is 63.2 Å². The van der Waals surface area contributed by atoms with E-state index in [4.69, 9.17) is 4.42 Å². The Bertz CT molecular complexity index is 1370. The molecule has 1 fully saturated rings. The van der Waals surface area contributed by atoms with Gasteiger partial charge in [-0.3, -0.25) is 9.36 Å². The van der Waals surface area contributed by atoms with Crippen LogP contribution in [0.1, 0.15) is 18.4 Å². The molecule has 35 heavy (non-hydrogen) atoms. The minimum Gasteiger partial charge on any atom is -0.408 e. The highest BCUT2D eigenvalue weighted by Gasteiger charge is 2.30. The average Bonchev–Trinajstić information content (AvgIpc) is 3.16. The van der Waals surface area contributed by atoms with Gasteiger partial charge in [-0.2, -0.15) is 4.31 Å². The van der Waals surface area contributed by atoms with Crippen LogP contribution in [-0.2, 0) is 21.4 Å². The maximum Gasteiger partial charge on any atom is 0.419 e. The Morgan fingerprint density at radius 1 is 1.14 bits per heavy atom. The number of fused-ring (bicyclic) bond motifs is 1. The second kappa shape index (κ2) is 10.6. The summed E-state index contributed by atoms with van der Waals surface area (Å²) in [5.41, 5.74) is 2.48. The van der Waals surface area contributed by atoms with Crippen LogP contribution in [0.25, 0.3) is 17.2 Å². The van der Waals surface area contributed by atoms with Gasteiger partial charge < -0.3 is 14.6 Å². The third-order valence-electron chi connectivity index (χ3n) is 6.12. The number of nitrogens with zero attached hydrogens (tertiary/aromatic N) is 3. The summed E-state index contributed by atoms with van der Waals surface area (Å²) >= 11 is 0. The zero-order valence-corrected chi connectivity index (χ0v) is 20.7. The number of anilines is 1. The average molecular weight is 499 g/mol. The zero-order chi connectivity index (χ0) is 25.0. The van der Waals surface area contributed by atoms with E-state index in [1.54, 1.807) is 28.8 Å². The molecule has 9 nitrogen and oxygen atoms in total. The van der Waals surface area contributed by atoms with Crippen molar-refractivity contribution in [3.8, 4) is 0 Å². The Hall–Kier alpha value is -3.21. The molecule has 2 aromatic carbocycles. The van der Waals surface area contributed by atoms with E-state index in [0.29, 0.717) is 42.7 Å². The van der Waals surface area contributed by atoms with Crippen molar-refractivity contribution in [1.82, 2.24) is 13.8 Å². The first-order chi connectivity index (χ1) is 16.7. The molecule has 0 spiro atoms. The lowest BCUT2D eigenvalue weighted by molar-refractivity contribution is -0.120. The number of sulfonamides is 1. The smallest absolute Gasteiger partial charge is 0.408 e. The molecular formula is C25H30N4O5S. The highest BCUT2D eigenvalue weighted by Crippen LogP contribution is 2.24. The Morgan fingerprint density at radius 2 is 1.86 bits per heavy atom. The molecular weight excluding hydrogens is 468 g/mol. The molecule has 1 saturated heterocycles. The Balaban J connectivity index is 1.38. The third kappa shape index (κ3) is 6.08. The van der Waals surface area contributed by atoms with Crippen LogP contribution in [0.3, 0.4) is 0 Å². The number of carbonyl (C=O) groups is 1. The maximum absolute atomic E-state index is 12.9. The molecule has 1 amide bonds. The van der Waals surface area contributed by atoms with Gasteiger partial charge in [0.2, 0.25) is 15.9 Å². The van der Waals surface area contributed by atoms with Crippen molar-refractivity contribution in [1.29, 1.82) is 0 Å². The van der Waals surface area contributed by atoms with Crippen molar-refractivity contribution in [3.63, 3.8) is 0 Å². The van der Waals surface area contributed by atoms with Gasteiger partial charge in [0.1, 0.15) is 0 Å². The summed E-state index contributed by atoms with van der Waals surface area (Å²) in [7, 11) is 0.298. The molecule has 1 aromatic heterocycles. The molecule has 4 rings (SSSR count). The predicted molar refractivity (Wildman–Crippen MR) is 136 cm³/mol. The van der Waals surface area contributed by atoms with Gasteiger partial charge in [0, 0.05) is 43.2 Å². The second-order valence-electron chi connectivity index (χ2n) is 8.93. The van der Waals surface area contributed by atoms with Crippen molar-refractivity contribution >= 4 is 38.8 Å². The number of carbonyl (C=O) groups excluding carboxylic acids is 1. The van der Waals surface area contributed by atoms with Gasteiger partial charge in [-0.1, -0.05) is 30.3 Å². The quantitative estimate of drug-likeness (QED) is 0.512. The van der Waals surface area contributed by atoms with Crippen LogP contribution in [0, 0.1) is 5.92 Å². The van der Waals surface area contributed by atoms with Crippen molar-refractivity contribution in [3.05, 3.63) is 70.1 Å². The highest BCUT2D eigenvalue weighted by atomic mass is 32.2. The van der Waals surface area contributed by atoms with Gasteiger partial charge in [0.15, 0.2) is 5.58 Å². The number of amides is 1. The SMILES string of the molecule is CN(C)CCn1c(=O)oc2ccc(NC(=O)C3CCN(S(=O)(=O)/C=C/c4ccccc4)CC3)cc21. The summed E-state index contributed by atoms with van der Waals surface area (Å²) in [5.74, 6) is -0.886. The van der Waals surface area contributed by atoms with Crippen LogP contribution < -0.4 is 11.1 Å². The maximum atomic E-state index is 12.9. The zero-order valence-electron chi connectivity index (χ0n) is 19.9. The van der Waals surface area contributed by atoms with Gasteiger partial charge in [-0.25, -0.2) is 13.2 Å². The van der Waals surface area contributed by atoms with Gasteiger partial charge in [0.25, 0.3) is 0 Å². The molecule has 0 aliphatic carbocycles. The molecule has 10 heteroatoms. The first-order valence-electron chi connectivity index (χ1n) is 11.6. The molecule has 0 bridgehead atoms. The van der Waals surface area contributed by atoms with Crippen molar-refractivity contribution in [2.75, 3.05) is 39.0 Å². The summed E-state index contributed by atoms with van der Waals surface area (Å²) in [6, 6.07) is 14.4. The summed E-state index contributed by atoms with van der Waals surface area (Å²) in [6.07, 6.45) is 2.45. The van der Waals surface area contributed by atoms with Crippen molar-refractivity contribution in [2.45, 2.75) is 19.4 Å². The van der Waals surface area contributed by atoms with Crippen LogP contribution in [0.4, 0.5) is 5.69 Å². The van der Waals surface area contributed by atoms with Crippen LogP contribution >= 0.6 is 0 Å². The summed E-state index contributed by atoms with van der Waals surface area (Å²) in [6.45, 7) is 1.71. The largest absolute Gasteiger partial charge is 0.419 e. The number of benzene rings is 2. The number of rotatable bonds is 8. The standard InChI is InChI=1S/C25H30N4O5S/c1-27(2)15-16-29-22-18-21(8-9-23(22)34-25(29)31)26-24(30)20-10-13-28(14-11-20)35(32,33)17-12-19-6-4-3-5-7-19/h3-9,12,17-18,20H,10-11,13-16H2,1-2H3,(H,26,30)/b17-12+. The highest BCUT2D eigenvalue weighted by molar-refractivity contribution is 7.92. The fraction of sp³-hybridized carbons (Fsp3) is 0.360. The van der Waals surface area contributed by atoms with Gasteiger partial charge in [-0.15, -0.1) is 0 Å². The van der Waals surface area contributed by atoms with Crippen LogP contribution in [0.2, 0.25) is 0 Å². The topological polar surface area (TPSA) is 105 Å². The molecule has 186 valence electrons. The molecule has 0 radical (unpaired) electrons. The second-order valence-corrected chi connectivity index (χ2v) is 10.7. The fourth-order valence-electron chi connectivity index (χ4n) is 4.08. The van der Waals surface area contributed by atoms with Gasteiger partial charge in [-0.05, 0) is 56.8 Å². The van der Waals surface area contributed by atoms with Gasteiger partial charge in [0.05, 0.1) is 5.52 Å². The number of hydrogen-bond acceptors (Lipinski definition) is 6. The van der Waals surface area contributed by atoms with Crippen LogP contribution in [0.5, 0.6) is 0 Å². The normalized spacial score (nSPS) is 15.9. The van der Waals surface area contributed by atoms with Crippen molar-refractivity contribution < 1.29 is 17.6 Å². The number of aromatic nitrogens is 1. The van der Waals surface area contributed by atoms with E-state index in [2.05, 4.69) is 5.32 Å². The molecule has 1 aliphatic rings. The minimum absolute atomic E-state index is 0.160. The first kappa shape index (κ1) is 24.9. The van der Waals surface area contributed by atoms with Crippen LogP contribution in [-0.4, -0.2) is 61.8 Å². The summed E-state index contributed by atoms with van der Waals surface area (Å²) < 4.78 is 33.6. The summed E-state index contributed by atoms with van der Waals surface area (Å²) in [5, 5.41) is 4.14. The Morgan fingerprint density at radius 3 is 2.54 bits per heavy atom. The number of likely N-dealkylation sites (N-methyl/N-ethyl adjacent to an activating group) is 1. The fourth-order valence-corrected chi connectivity index (χ4v) is 5.30. The van der Waals surface area contributed by atoms with E-state index in [1.165, 1.54) is 9.71 Å². The van der Waals surface area contributed by atoms with E-state index in [1.807, 2.05) is 49.3 Å². The van der Waals surface area contributed by atoms with Crippen molar-refractivity contribution in [2.24, 2.45) is 5.92 Å². The number of oxazole rings is 1. The van der Waals surface area contributed by atoms with E-state index >= 15 is 0 Å². The summed E-state index contributed by atoms with van der Waals surface area (Å²) in [4.78, 5) is 27.1. The number of piperidine rings is 1. The van der Waals surface area contributed by atoms with E-state index in [9.17, 15) is 18.0 Å². The molecule has 0 saturated carbocycles. The predicted octanol–water partition coefficient (Wildman–Crippen LogP) is 2.81. The van der Waals surface area contributed by atoms with Gasteiger partial charge >= 0.3 is 5.76 Å². The molecule has 3 aromatic rings. The molecule has 1 aliphatic heterocycles. The molecule has 0 atom stereocenters. The Labute approximate surface area is 204 Å². The lowest BCUT2D eigenvalue weighted by atomic mass is 9.97. The first-order valence-corrected chi connectivity index (χ1v) is 13.1. The van der Waals surface area contributed by atoms with E-state index in [-0.39, 0.29) is 24.9 Å². The lowest BCUT2D eigenvalue weighted by Crippen LogP contribution is -2.40. The number of hydrogen-bond donors (Lipinski definition) is 1. The molecule has 0 unspecified atom stereocenters. The molecule has 2 heterocycles. The lowest BCUT2D eigenvalue weighted by Gasteiger charge is -2.29. The third-order valence-corrected chi connectivity index (χ3v) is 7.69. The molecule has 1 N–H and O–H groups in total. The van der Waals surface area contributed by atoms with E-state index < -0.39 is 15.8 Å². The van der Waals surface area contributed by atoms with E-state index in [0.717, 1.165) is 5.56 Å².